The molecule has 0 radical (unpaired) electrons. The Kier molecular flexibility index (Phi) is 14.0. The topological polar surface area (TPSA) is 64.7 Å². The van der Waals surface area contributed by atoms with E-state index in [1.165, 1.54) is 38.8 Å². The van der Waals surface area contributed by atoms with E-state index in [2.05, 4.69) is 20.4 Å². The lowest BCUT2D eigenvalue weighted by atomic mass is 10.1. The zero-order valence-corrected chi connectivity index (χ0v) is 23.9. The lowest BCUT2D eigenvalue weighted by Gasteiger charge is -2.34. The first kappa shape index (κ1) is 30.4. The van der Waals surface area contributed by atoms with E-state index in [1.54, 1.807) is 48.5 Å². The summed E-state index contributed by atoms with van der Waals surface area (Å²) in [4.78, 5) is 29.4. The molecule has 0 saturated carbocycles. The molecule has 0 aromatic heterocycles. The molecular formula is C30H42Cl2N4O2. The first-order chi connectivity index (χ1) is 18.5. The van der Waals surface area contributed by atoms with Crippen LogP contribution in [0.3, 0.4) is 0 Å². The van der Waals surface area contributed by atoms with Gasteiger partial charge in [-0.25, -0.2) is 0 Å². The van der Waals surface area contributed by atoms with Crippen LogP contribution in [-0.2, 0) is 0 Å². The summed E-state index contributed by atoms with van der Waals surface area (Å²) in [5.41, 5.74) is 1.31. The summed E-state index contributed by atoms with van der Waals surface area (Å²) in [6, 6.07) is 14.0. The molecule has 1 fully saturated rings. The molecule has 3 rings (SSSR count). The molecule has 38 heavy (non-hydrogen) atoms. The molecule has 2 aromatic rings. The zero-order chi connectivity index (χ0) is 27.0. The number of carbonyl (C=O) groups is 2. The van der Waals surface area contributed by atoms with Gasteiger partial charge in [0.05, 0.1) is 0 Å². The molecule has 2 N–H and O–H groups in total. The van der Waals surface area contributed by atoms with Crippen LogP contribution in [0.4, 0.5) is 0 Å². The smallest absolute Gasteiger partial charge is 0.251 e. The molecule has 1 aliphatic rings. The molecule has 0 spiro atoms. The second-order valence-electron chi connectivity index (χ2n) is 10.0. The van der Waals surface area contributed by atoms with E-state index in [0.717, 1.165) is 65.0 Å². The SMILES string of the molecule is O=C(NCCCCCCN1CCN(CCCCCCNC(=O)c2ccc(Cl)cc2)CC1)c1ccc(Cl)cc1. The minimum atomic E-state index is -0.0294. The van der Waals surface area contributed by atoms with E-state index in [4.69, 9.17) is 23.2 Å². The lowest BCUT2D eigenvalue weighted by molar-refractivity contribution is 0.0944. The Morgan fingerprint density at radius 1 is 0.553 bits per heavy atom. The second-order valence-corrected chi connectivity index (χ2v) is 10.9. The number of hydrogen-bond donors (Lipinski definition) is 2. The maximum atomic E-state index is 12.1. The van der Waals surface area contributed by atoms with Crippen molar-refractivity contribution < 1.29 is 9.59 Å². The van der Waals surface area contributed by atoms with E-state index < -0.39 is 0 Å². The van der Waals surface area contributed by atoms with Crippen LogP contribution >= 0.6 is 23.2 Å². The van der Waals surface area contributed by atoms with Gasteiger partial charge in [-0.15, -0.1) is 0 Å². The van der Waals surface area contributed by atoms with Crippen molar-refractivity contribution >= 4 is 35.0 Å². The number of unbranched alkanes of at least 4 members (excludes halogenated alkanes) is 6. The minimum absolute atomic E-state index is 0.0294. The summed E-state index contributed by atoms with van der Waals surface area (Å²) >= 11 is 11.7. The van der Waals surface area contributed by atoms with E-state index >= 15 is 0 Å². The van der Waals surface area contributed by atoms with Gasteiger partial charge in [-0.2, -0.15) is 0 Å². The number of benzene rings is 2. The molecule has 2 amide bonds. The van der Waals surface area contributed by atoms with Crippen LogP contribution in [0.25, 0.3) is 0 Å². The molecule has 0 atom stereocenters. The van der Waals surface area contributed by atoms with E-state index in [9.17, 15) is 9.59 Å². The van der Waals surface area contributed by atoms with Crippen molar-refractivity contribution in [1.29, 1.82) is 0 Å². The number of amides is 2. The molecule has 1 aliphatic heterocycles. The van der Waals surface area contributed by atoms with Gasteiger partial charge in [0.1, 0.15) is 0 Å². The number of hydrogen-bond acceptors (Lipinski definition) is 4. The number of halogens is 2. The number of nitrogens with zero attached hydrogens (tertiary/aromatic N) is 2. The van der Waals surface area contributed by atoms with Crippen LogP contribution in [0.5, 0.6) is 0 Å². The van der Waals surface area contributed by atoms with Gasteiger partial charge < -0.3 is 20.4 Å². The first-order valence-electron chi connectivity index (χ1n) is 14.0. The summed E-state index contributed by atoms with van der Waals surface area (Å²) in [6.45, 7) is 8.43. The average molecular weight is 562 g/mol. The summed E-state index contributed by atoms with van der Waals surface area (Å²) in [5.74, 6) is -0.0588. The fraction of sp³-hybridized carbons (Fsp3) is 0.533. The Balaban J connectivity index is 1.10. The highest BCUT2D eigenvalue weighted by Crippen LogP contribution is 2.11. The predicted molar refractivity (Wildman–Crippen MR) is 157 cm³/mol. The molecule has 8 heteroatoms. The standard InChI is InChI=1S/C30H42Cl2N4O2/c31-27-13-9-25(10-14-27)29(37)33-17-5-1-3-7-19-35-21-23-36(24-22-35)20-8-4-2-6-18-34-30(38)26-11-15-28(32)16-12-26/h9-16H,1-8,17-24H2,(H,33,37)(H,34,38). The maximum absolute atomic E-state index is 12.1. The Morgan fingerprint density at radius 2 is 0.895 bits per heavy atom. The second kappa shape index (κ2) is 17.5. The summed E-state index contributed by atoms with van der Waals surface area (Å²) in [6.07, 6.45) is 9.18. The maximum Gasteiger partial charge on any atom is 0.251 e. The normalized spacial score (nSPS) is 14.4. The highest BCUT2D eigenvalue weighted by atomic mass is 35.5. The zero-order valence-electron chi connectivity index (χ0n) is 22.4. The highest BCUT2D eigenvalue weighted by molar-refractivity contribution is 6.31. The van der Waals surface area contributed by atoms with Crippen molar-refractivity contribution in [2.24, 2.45) is 0 Å². The van der Waals surface area contributed by atoms with Gasteiger partial charge in [0.25, 0.3) is 11.8 Å². The molecule has 1 saturated heterocycles. The molecule has 6 nitrogen and oxygen atoms in total. The molecular weight excluding hydrogens is 519 g/mol. The predicted octanol–water partition coefficient (Wildman–Crippen LogP) is 5.89. The number of nitrogens with one attached hydrogen (secondary N) is 2. The third kappa shape index (κ3) is 11.7. The third-order valence-corrected chi connectivity index (χ3v) is 7.56. The van der Waals surface area contributed by atoms with Gasteiger partial charge in [-0.05, 0) is 87.3 Å². The van der Waals surface area contributed by atoms with Crippen LogP contribution in [0.15, 0.2) is 48.5 Å². The average Bonchev–Trinajstić information content (AvgIpc) is 2.93. The molecule has 0 bridgehead atoms. The van der Waals surface area contributed by atoms with Crippen LogP contribution in [-0.4, -0.2) is 74.0 Å². The van der Waals surface area contributed by atoms with E-state index in [0.29, 0.717) is 21.2 Å². The largest absolute Gasteiger partial charge is 0.352 e. The number of rotatable bonds is 16. The van der Waals surface area contributed by atoms with Crippen molar-refractivity contribution in [2.75, 3.05) is 52.4 Å². The number of piperazine rings is 1. The Labute approximate surface area is 238 Å². The molecule has 0 aliphatic carbocycles. The van der Waals surface area contributed by atoms with Crippen molar-refractivity contribution in [3.63, 3.8) is 0 Å². The quantitative estimate of drug-likeness (QED) is 0.251. The van der Waals surface area contributed by atoms with E-state index in [-0.39, 0.29) is 11.8 Å². The minimum Gasteiger partial charge on any atom is -0.352 e. The van der Waals surface area contributed by atoms with Gasteiger partial charge in [-0.3, -0.25) is 9.59 Å². The third-order valence-electron chi connectivity index (χ3n) is 7.05. The van der Waals surface area contributed by atoms with Crippen LogP contribution < -0.4 is 10.6 Å². The van der Waals surface area contributed by atoms with Crippen LogP contribution in [0, 0.1) is 0 Å². The lowest BCUT2D eigenvalue weighted by Crippen LogP contribution is -2.46. The summed E-state index contributed by atoms with van der Waals surface area (Å²) in [7, 11) is 0. The summed E-state index contributed by atoms with van der Waals surface area (Å²) in [5, 5.41) is 7.26. The van der Waals surface area contributed by atoms with Crippen molar-refractivity contribution in [3.8, 4) is 0 Å². The van der Waals surface area contributed by atoms with Crippen LogP contribution in [0.2, 0.25) is 10.0 Å². The van der Waals surface area contributed by atoms with Crippen molar-refractivity contribution in [3.05, 3.63) is 69.7 Å². The molecule has 2 aromatic carbocycles. The van der Waals surface area contributed by atoms with Gasteiger partial charge in [0.2, 0.25) is 0 Å². The van der Waals surface area contributed by atoms with Gasteiger partial charge >= 0.3 is 0 Å². The van der Waals surface area contributed by atoms with Crippen molar-refractivity contribution in [2.45, 2.75) is 51.4 Å². The Morgan fingerprint density at radius 3 is 1.26 bits per heavy atom. The summed E-state index contributed by atoms with van der Waals surface area (Å²) < 4.78 is 0. The van der Waals surface area contributed by atoms with Crippen LogP contribution in [0.1, 0.15) is 72.1 Å². The van der Waals surface area contributed by atoms with E-state index in [1.807, 2.05) is 0 Å². The monoisotopic (exact) mass is 560 g/mol. The number of carbonyl (C=O) groups excluding carboxylic acids is 2. The Hall–Kier alpha value is -2.12. The molecule has 0 unspecified atom stereocenters. The van der Waals surface area contributed by atoms with Crippen molar-refractivity contribution in [1.82, 2.24) is 20.4 Å². The Bertz CT molecular complexity index is 882. The first-order valence-corrected chi connectivity index (χ1v) is 14.8. The van der Waals surface area contributed by atoms with Gasteiger partial charge in [0, 0.05) is 60.4 Å². The highest BCUT2D eigenvalue weighted by Gasteiger charge is 2.15. The molecule has 208 valence electrons. The fourth-order valence-corrected chi connectivity index (χ4v) is 4.93. The fourth-order valence-electron chi connectivity index (χ4n) is 4.67. The molecule has 1 heterocycles. The van der Waals surface area contributed by atoms with Gasteiger partial charge in [-0.1, -0.05) is 48.9 Å². The van der Waals surface area contributed by atoms with Gasteiger partial charge in [0.15, 0.2) is 0 Å².